The minimum Gasteiger partial charge on any atom is -0.294 e. The fourth-order valence-corrected chi connectivity index (χ4v) is 2.06. The number of carbonyl (C=O) groups excluding carboxylic acids is 1. The summed E-state index contributed by atoms with van der Waals surface area (Å²) in [4.78, 5) is 11.4. The van der Waals surface area contributed by atoms with Crippen LogP contribution in [0.2, 0.25) is 0 Å². The lowest BCUT2D eigenvalue weighted by Gasteiger charge is -2.01. The zero-order chi connectivity index (χ0) is 12.4. The second-order valence-corrected chi connectivity index (χ2v) is 4.48. The van der Waals surface area contributed by atoms with Crippen LogP contribution in [-0.4, -0.2) is 9.76 Å². The zero-order valence-corrected chi connectivity index (χ0v) is 10.4. The minimum atomic E-state index is -0.252. The third-order valence-corrected chi connectivity index (χ3v) is 2.85. The van der Waals surface area contributed by atoms with Crippen LogP contribution in [0.25, 0.3) is 0 Å². The second-order valence-electron chi connectivity index (χ2n) is 3.96. The van der Waals surface area contributed by atoms with E-state index in [2.05, 4.69) is 12.8 Å². The van der Waals surface area contributed by atoms with Crippen molar-refractivity contribution in [2.45, 2.75) is 13.3 Å². The summed E-state index contributed by atoms with van der Waals surface area (Å²) in [5.74, 6) is -0.225. The minimum absolute atomic E-state index is 0.0270. The van der Waals surface area contributed by atoms with E-state index < -0.39 is 0 Å². The van der Waals surface area contributed by atoms with E-state index in [4.69, 9.17) is 0 Å². The van der Waals surface area contributed by atoms with E-state index in [1.54, 1.807) is 22.3 Å². The molecule has 0 aliphatic carbocycles. The van der Waals surface area contributed by atoms with E-state index in [-0.39, 0.29) is 11.6 Å². The first-order valence-corrected chi connectivity index (χ1v) is 5.69. The highest BCUT2D eigenvalue weighted by molar-refractivity contribution is 7.56. The molecule has 0 radical (unpaired) electrons. The molecule has 88 valence electrons. The van der Waals surface area contributed by atoms with Gasteiger partial charge in [0.1, 0.15) is 5.82 Å². The number of halogens is 1. The molecule has 2 nitrogen and oxygen atoms in total. The number of benzene rings is 1. The van der Waals surface area contributed by atoms with Gasteiger partial charge in [0.25, 0.3) is 0 Å². The van der Waals surface area contributed by atoms with Gasteiger partial charge in [0.2, 0.25) is 0 Å². The molecular weight excluding hydrogens is 237 g/mol. The molecule has 0 N–H and O–H groups in total. The SMILES string of the molecule is CC(=O)c1cn([SH2+])cc1Cc1ccc(F)cc1. The van der Waals surface area contributed by atoms with E-state index >= 15 is 0 Å². The smallest absolute Gasteiger partial charge is 0.161 e. The van der Waals surface area contributed by atoms with Crippen molar-refractivity contribution in [1.29, 1.82) is 0 Å². The average molecular weight is 250 g/mol. The van der Waals surface area contributed by atoms with E-state index in [0.717, 1.165) is 11.1 Å². The first kappa shape index (κ1) is 11.9. The summed E-state index contributed by atoms with van der Waals surface area (Å²) in [6, 6.07) is 6.30. The van der Waals surface area contributed by atoms with Gasteiger partial charge in [-0.05, 0) is 36.6 Å². The Morgan fingerprint density at radius 2 is 1.94 bits per heavy atom. The van der Waals surface area contributed by atoms with Crippen LogP contribution in [0.3, 0.4) is 0 Å². The molecule has 0 amide bonds. The predicted octanol–water partition coefficient (Wildman–Crippen LogP) is 2.20. The lowest BCUT2D eigenvalue weighted by molar-refractivity contribution is 0.101. The van der Waals surface area contributed by atoms with Gasteiger partial charge >= 0.3 is 0 Å². The van der Waals surface area contributed by atoms with Gasteiger partial charge in [0, 0.05) is 5.56 Å². The highest BCUT2D eigenvalue weighted by Gasteiger charge is 2.12. The summed E-state index contributed by atoms with van der Waals surface area (Å²) < 4.78 is 14.4. The lowest BCUT2D eigenvalue weighted by Crippen LogP contribution is -1.96. The van der Waals surface area contributed by atoms with Crippen molar-refractivity contribution in [3.05, 3.63) is 59.2 Å². The van der Waals surface area contributed by atoms with Gasteiger partial charge in [-0.2, -0.15) is 3.97 Å². The Bertz CT molecular complexity index is 545. The molecule has 0 aliphatic rings. The monoisotopic (exact) mass is 250 g/mol. The standard InChI is InChI=1S/C13H12FNOS/c1-9(16)13-8-15(17)7-11(13)6-10-2-4-12(14)5-3-10/h2-5,7-8,17H,6H2,1H3/p+1. The summed E-state index contributed by atoms with van der Waals surface area (Å²) in [5, 5.41) is 0. The first-order chi connectivity index (χ1) is 8.06. The Morgan fingerprint density at radius 1 is 1.29 bits per heavy atom. The van der Waals surface area contributed by atoms with Gasteiger partial charge in [-0.1, -0.05) is 12.1 Å². The maximum absolute atomic E-state index is 12.8. The molecule has 0 saturated heterocycles. The largest absolute Gasteiger partial charge is 0.294 e. The fourth-order valence-electron chi connectivity index (χ4n) is 1.78. The summed E-state index contributed by atoms with van der Waals surface area (Å²) in [5.41, 5.74) is 2.59. The van der Waals surface area contributed by atoms with Crippen LogP contribution < -0.4 is 0 Å². The molecule has 0 atom stereocenters. The molecule has 4 heteroatoms. The van der Waals surface area contributed by atoms with E-state index in [9.17, 15) is 9.18 Å². The Kier molecular flexibility index (Phi) is 3.33. The van der Waals surface area contributed by atoms with Crippen molar-refractivity contribution >= 4 is 18.6 Å². The van der Waals surface area contributed by atoms with E-state index in [1.807, 2.05) is 6.20 Å². The molecule has 0 unspecified atom stereocenters. The summed E-state index contributed by atoms with van der Waals surface area (Å²) in [6.07, 6.45) is 4.20. The van der Waals surface area contributed by atoms with Crippen molar-refractivity contribution in [1.82, 2.24) is 3.97 Å². The maximum Gasteiger partial charge on any atom is 0.161 e. The van der Waals surface area contributed by atoms with E-state index in [1.165, 1.54) is 19.1 Å². The molecular formula is C13H13FNOS+. The third kappa shape index (κ3) is 2.77. The number of Topliss-reactive ketones (excluding diaryl/α,β-unsaturated/α-hetero) is 1. The highest BCUT2D eigenvalue weighted by atomic mass is 32.1. The average Bonchev–Trinajstić information content (AvgIpc) is 2.63. The molecule has 0 spiro atoms. The molecule has 0 aliphatic heterocycles. The van der Waals surface area contributed by atoms with Crippen LogP contribution in [0.5, 0.6) is 0 Å². The predicted molar refractivity (Wildman–Crippen MR) is 69.2 cm³/mol. The first-order valence-electron chi connectivity index (χ1n) is 5.24. The molecule has 0 saturated carbocycles. The fraction of sp³-hybridized carbons (Fsp3) is 0.154. The van der Waals surface area contributed by atoms with E-state index in [0.29, 0.717) is 12.0 Å². The third-order valence-electron chi connectivity index (χ3n) is 2.60. The number of rotatable bonds is 3. The number of hydrogen-bond donors (Lipinski definition) is 0. The van der Waals surface area contributed by atoms with Gasteiger partial charge in [-0.25, -0.2) is 4.39 Å². The summed E-state index contributed by atoms with van der Waals surface area (Å²) in [6.45, 7) is 1.54. The van der Waals surface area contributed by atoms with Crippen molar-refractivity contribution in [3.63, 3.8) is 0 Å². The Balaban J connectivity index is 2.29. The molecule has 0 fully saturated rings. The van der Waals surface area contributed by atoms with Gasteiger partial charge in [0.05, 0.1) is 25.2 Å². The van der Waals surface area contributed by atoms with Crippen molar-refractivity contribution in [2.75, 3.05) is 0 Å². The molecule has 2 rings (SSSR count). The summed E-state index contributed by atoms with van der Waals surface area (Å²) >= 11 is 3.33. The lowest BCUT2D eigenvalue weighted by atomic mass is 10.0. The number of hydrogen-bond acceptors (Lipinski definition) is 1. The number of carbonyl (C=O) groups is 1. The second kappa shape index (κ2) is 4.75. The number of nitrogens with zero attached hydrogens (tertiary/aromatic N) is 1. The van der Waals surface area contributed by atoms with Crippen LogP contribution in [0.15, 0.2) is 36.7 Å². The Morgan fingerprint density at radius 3 is 2.53 bits per heavy atom. The number of ketones is 1. The van der Waals surface area contributed by atoms with Crippen LogP contribution in [0.4, 0.5) is 4.39 Å². The normalized spacial score (nSPS) is 10.5. The van der Waals surface area contributed by atoms with Crippen LogP contribution in [0.1, 0.15) is 28.4 Å². The highest BCUT2D eigenvalue weighted by Crippen LogP contribution is 2.16. The zero-order valence-electron chi connectivity index (χ0n) is 9.40. The van der Waals surface area contributed by atoms with Crippen molar-refractivity contribution in [2.24, 2.45) is 0 Å². The van der Waals surface area contributed by atoms with Gasteiger partial charge in [-0.15, -0.1) is 0 Å². The van der Waals surface area contributed by atoms with Crippen molar-refractivity contribution < 1.29 is 9.18 Å². The topological polar surface area (TPSA) is 22.0 Å². The molecule has 1 aromatic carbocycles. The molecule has 1 aromatic heterocycles. The quantitative estimate of drug-likeness (QED) is 0.604. The maximum atomic E-state index is 12.8. The Labute approximate surface area is 105 Å². The van der Waals surface area contributed by atoms with Gasteiger partial charge in [-0.3, -0.25) is 4.79 Å². The van der Waals surface area contributed by atoms with Crippen LogP contribution >= 0.6 is 0 Å². The summed E-state index contributed by atoms with van der Waals surface area (Å²) in [7, 11) is 0. The van der Waals surface area contributed by atoms with Gasteiger partial charge < -0.3 is 0 Å². The molecule has 17 heavy (non-hydrogen) atoms. The van der Waals surface area contributed by atoms with Crippen LogP contribution in [0, 0.1) is 5.82 Å². The molecule has 0 bridgehead atoms. The molecule has 2 aromatic rings. The van der Waals surface area contributed by atoms with Crippen molar-refractivity contribution in [3.8, 4) is 0 Å². The van der Waals surface area contributed by atoms with Gasteiger partial charge in [0.15, 0.2) is 5.78 Å². The van der Waals surface area contributed by atoms with Crippen LogP contribution in [-0.2, 0) is 19.2 Å². The number of aromatic nitrogens is 1. The molecule has 1 heterocycles. The Hall–Kier alpha value is -1.55.